The Balaban J connectivity index is 1.51. The number of aryl methyl sites for hydroxylation is 1. The summed E-state index contributed by atoms with van der Waals surface area (Å²) >= 11 is 0. The summed E-state index contributed by atoms with van der Waals surface area (Å²) in [5.41, 5.74) is 3.04. The van der Waals surface area contributed by atoms with Crippen molar-refractivity contribution in [2.75, 3.05) is 6.54 Å². The Morgan fingerprint density at radius 3 is 2.83 bits per heavy atom. The summed E-state index contributed by atoms with van der Waals surface area (Å²) in [6.45, 7) is 1.00. The molecule has 0 bridgehead atoms. The lowest BCUT2D eigenvalue weighted by atomic mass is 9.88. The zero-order valence-electron chi connectivity index (χ0n) is 10.6. The molecule has 0 saturated carbocycles. The minimum Gasteiger partial charge on any atom is -0.469 e. The van der Waals surface area contributed by atoms with Crippen LogP contribution in [-0.4, -0.2) is 12.6 Å². The van der Waals surface area contributed by atoms with Gasteiger partial charge in [0.25, 0.3) is 0 Å². The van der Waals surface area contributed by atoms with Crippen molar-refractivity contribution < 1.29 is 4.42 Å². The molecule has 94 valence electrons. The zero-order valence-corrected chi connectivity index (χ0v) is 10.6. The molecule has 1 aromatic carbocycles. The van der Waals surface area contributed by atoms with Crippen LogP contribution in [0.4, 0.5) is 0 Å². The van der Waals surface area contributed by atoms with Gasteiger partial charge in [-0.15, -0.1) is 0 Å². The van der Waals surface area contributed by atoms with Crippen molar-refractivity contribution in [1.29, 1.82) is 0 Å². The molecule has 1 unspecified atom stereocenters. The van der Waals surface area contributed by atoms with Crippen LogP contribution in [0, 0.1) is 0 Å². The molecule has 1 aliphatic rings. The van der Waals surface area contributed by atoms with Crippen LogP contribution in [0.25, 0.3) is 0 Å². The maximum atomic E-state index is 5.34. The predicted octanol–water partition coefficient (Wildman–Crippen LogP) is 2.97. The molecule has 1 atom stereocenters. The SMILES string of the molecule is c1coc(CCNC2CCc3ccccc3C2)c1. The van der Waals surface area contributed by atoms with E-state index in [9.17, 15) is 0 Å². The summed E-state index contributed by atoms with van der Waals surface area (Å²) in [6, 6.07) is 13.4. The summed E-state index contributed by atoms with van der Waals surface area (Å²) in [5, 5.41) is 3.64. The van der Waals surface area contributed by atoms with Crippen LogP contribution in [0.3, 0.4) is 0 Å². The second-order valence-corrected chi connectivity index (χ2v) is 4.99. The molecule has 1 heterocycles. The Hall–Kier alpha value is -1.54. The Morgan fingerprint density at radius 2 is 2.00 bits per heavy atom. The third kappa shape index (κ3) is 2.65. The molecule has 0 amide bonds. The monoisotopic (exact) mass is 241 g/mol. The Kier molecular flexibility index (Phi) is 3.47. The fourth-order valence-electron chi connectivity index (χ4n) is 2.73. The maximum Gasteiger partial charge on any atom is 0.105 e. The molecule has 1 N–H and O–H groups in total. The molecule has 0 radical (unpaired) electrons. The van der Waals surface area contributed by atoms with Gasteiger partial charge in [-0.2, -0.15) is 0 Å². The Labute approximate surface area is 108 Å². The standard InChI is InChI=1S/C16H19NO/c1-2-5-14-12-15(8-7-13(14)4-1)17-10-9-16-6-3-11-18-16/h1-6,11,15,17H,7-10,12H2. The van der Waals surface area contributed by atoms with E-state index in [0.29, 0.717) is 6.04 Å². The molecule has 1 aliphatic carbocycles. The minimum absolute atomic E-state index is 0.620. The van der Waals surface area contributed by atoms with Gasteiger partial charge in [0.15, 0.2) is 0 Å². The van der Waals surface area contributed by atoms with E-state index in [1.807, 2.05) is 12.1 Å². The van der Waals surface area contributed by atoms with Crippen molar-refractivity contribution in [1.82, 2.24) is 5.32 Å². The molecule has 2 nitrogen and oxygen atoms in total. The van der Waals surface area contributed by atoms with Gasteiger partial charge in [-0.25, -0.2) is 0 Å². The van der Waals surface area contributed by atoms with Crippen LogP contribution < -0.4 is 5.32 Å². The number of fused-ring (bicyclic) bond motifs is 1. The molecular formula is C16H19NO. The van der Waals surface area contributed by atoms with Gasteiger partial charge in [0, 0.05) is 19.0 Å². The average Bonchev–Trinajstić information content (AvgIpc) is 2.92. The number of hydrogen-bond acceptors (Lipinski definition) is 2. The van der Waals surface area contributed by atoms with Gasteiger partial charge >= 0.3 is 0 Å². The van der Waals surface area contributed by atoms with Crippen molar-refractivity contribution >= 4 is 0 Å². The van der Waals surface area contributed by atoms with Gasteiger partial charge in [-0.3, -0.25) is 0 Å². The van der Waals surface area contributed by atoms with Gasteiger partial charge < -0.3 is 9.73 Å². The first-order valence-electron chi connectivity index (χ1n) is 6.74. The fourth-order valence-corrected chi connectivity index (χ4v) is 2.73. The summed E-state index contributed by atoms with van der Waals surface area (Å²) in [5.74, 6) is 1.07. The van der Waals surface area contributed by atoms with E-state index in [-0.39, 0.29) is 0 Å². The van der Waals surface area contributed by atoms with Gasteiger partial charge in [0.1, 0.15) is 5.76 Å². The van der Waals surface area contributed by atoms with Crippen LogP contribution in [0.2, 0.25) is 0 Å². The Bertz CT molecular complexity index is 490. The van der Waals surface area contributed by atoms with Crippen molar-refractivity contribution in [3.8, 4) is 0 Å². The van der Waals surface area contributed by atoms with E-state index in [1.54, 1.807) is 6.26 Å². The first-order chi connectivity index (χ1) is 8.92. The lowest BCUT2D eigenvalue weighted by Gasteiger charge is -2.25. The molecule has 1 aromatic heterocycles. The smallest absolute Gasteiger partial charge is 0.105 e. The summed E-state index contributed by atoms with van der Waals surface area (Å²) in [6.07, 6.45) is 6.33. The zero-order chi connectivity index (χ0) is 12.2. The molecule has 2 heteroatoms. The predicted molar refractivity (Wildman–Crippen MR) is 72.7 cm³/mol. The average molecular weight is 241 g/mol. The van der Waals surface area contributed by atoms with Gasteiger partial charge in [-0.1, -0.05) is 24.3 Å². The third-order valence-electron chi connectivity index (χ3n) is 3.73. The highest BCUT2D eigenvalue weighted by molar-refractivity contribution is 5.30. The van der Waals surface area contributed by atoms with E-state index in [2.05, 4.69) is 29.6 Å². The van der Waals surface area contributed by atoms with E-state index in [4.69, 9.17) is 4.42 Å². The van der Waals surface area contributed by atoms with Crippen LogP contribution in [0.5, 0.6) is 0 Å². The molecule has 0 spiro atoms. The lowest BCUT2D eigenvalue weighted by Crippen LogP contribution is -2.35. The quantitative estimate of drug-likeness (QED) is 0.890. The van der Waals surface area contributed by atoms with E-state index < -0.39 is 0 Å². The summed E-state index contributed by atoms with van der Waals surface area (Å²) in [4.78, 5) is 0. The van der Waals surface area contributed by atoms with Gasteiger partial charge in [-0.05, 0) is 42.5 Å². The molecule has 3 rings (SSSR count). The van der Waals surface area contributed by atoms with E-state index in [1.165, 1.54) is 24.0 Å². The molecule has 18 heavy (non-hydrogen) atoms. The molecule has 0 aliphatic heterocycles. The molecule has 0 saturated heterocycles. The highest BCUT2D eigenvalue weighted by Gasteiger charge is 2.17. The largest absolute Gasteiger partial charge is 0.469 e. The topological polar surface area (TPSA) is 25.2 Å². The molecule has 0 fully saturated rings. The van der Waals surface area contributed by atoms with Gasteiger partial charge in [0.2, 0.25) is 0 Å². The van der Waals surface area contributed by atoms with Crippen LogP contribution in [0.1, 0.15) is 23.3 Å². The van der Waals surface area contributed by atoms with Crippen molar-refractivity contribution in [3.05, 3.63) is 59.5 Å². The second-order valence-electron chi connectivity index (χ2n) is 4.99. The van der Waals surface area contributed by atoms with E-state index in [0.717, 1.165) is 25.1 Å². The van der Waals surface area contributed by atoms with Crippen LogP contribution in [-0.2, 0) is 19.3 Å². The van der Waals surface area contributed by atoms with Crippen molar-refractivity contribution in [2.45, 2.75) is 31.7 Å². The number of furan rings is 1. The van der Waals surface area contributed by atoms with Crippen molar-refractivity contribution in [3.63, 3.8) is 0 Å². The summed E-state index contributed by atoms with van der Waals surface area (Å²) in [7, 11) is 0. The maximum absolute atomic E-state index is 5.34. The molecular weight excluding hydrogens is 222 g/mol. The second kappa shape index (κ2) is 5.40. The normalized spacial score (nSPS) is 18.6. The lowest BCUT2D eigenvalue weighted by molar-refractivity contribution is 0.441. The third-order valence-corrected chi connectivity index (χ3v) is 3.73. The van der Waals surface area contributed by atoms with Gasteiger partial charge in [0.05, 0.1) is 6.26 Å². The number of rotatable bonds is 4. The van der Waals surface area contributed by atoms with Crippen LogP contribution in [0.15, 0.2) is 47.1 Å². The minimum atomic E-state index is 0.620. The number of benzene rings is 1. The highest BCUT2D eigenvalue weighted by atomic mass is 16.3. The van der Waals surface area contributed by atoms with Crippen LogP contribution >= 0.6 is 0 Å². The van der Waals surface area contributed by atoms with E-state index >= 15 is 0 Å². The Morgan fingerprint density at radius 1 is 1.11 bits per heavy atom. The highest BCUT2D eigenvalue weighted by Crippen LogP contribution is 2.20. The van der Waals surface area contributed by atoms with Crippen molar-refractivity contribution in [2.24, 2.45) is 0 Å². The molecule has 2 aromatic rings. The number of hydrogen-bond donors (Lipinski definition) is 1. The summed E-state index contributed by atoms with van der Waals surface area (Å²) < 4.78 is 5.34. The first kappa shape index (κ1) is 11.5. The fraction of sp³-hybridized carbons (Fsp3) is 0.375. The number of nitrogens with one attached hydrogen (secondary N) is 1. The first-order valence-corrected chi connectivity index (χ1v) is 6.74.